The Morgan fingerprint density at radius 2 is 1.79 bits per heavy atom. The van der Waals surface area contributed by atoms with E-state index in [2.05, 4.69) is 21.7 Å². The van der Waals surface area contributed by atoms with Crippen molar-refractivity contribution in [3.05, 3.63) is 52.6 Å². The average molecular weight is 326 g/mol. The summed E-state index contributed by atoms with van der Waals surface area (Å²) < 4.78 is 0. The van der Waals surface area contributed by atoms with Crippen molar-refractivity contribution in [2.45, 2.75) is 13.3 Å². The molecular formula is C18H22N4O2. The number of aromatic nitrogens is 1. The van der Waals surface area contributed by atoms with Gasteiger partial charge in [-0.2, -0.15) is 0 Å². The van der Waals surface area contributed by atoms with E-state index in [1.54, 1.807) is 12.1 Å². The standard InChI is InChI=1S/C18H22N4O2/c1-2-10-20-11-13-21(14-12-20)17-9-8-16(22(23)24)18(19-17)15-6-4-3-5-7-15/h3-9H,2,10-14H2,1H3. The zero-order valence-corrected chi connectivity index (χ0v) is 13.9. The van der Waals surface area contributed by atoms with Crippen LogP contribution in [0.25, 0.3) is 11.3 Å². The van der Waals surface area contributed by atoms with E-state index >= 15 is 0 Å². The first-order valence-electron chi connectivity index (χ1n) is 8.37. The minimum absolute atomic E-state index is 0.0505. The lowest BCUT2D eigenvalue weighted by atomic mass is 10.1. The third-order valence-corrected chi connectivity index (χ3v) is 4.34. The molecule has 126 valence electrons. The molecule has 6 heteroatoms. The van der Waals surface area contributed by atoms with E-state index in [0.29, 0.717) is 5.69 Å². The maximum atomic E-state index is 11.3. The summed E-state index contributed by atoms with van der Waals surface area (Å²) in [4.78, 5) is 20.3. The van der Waals surface area contributed by atoms with Gasteiger partial charge in [0.15, 0.2) is 5.69 Å². The summed E-state index contributed by atoms with van der Waals surface area (Å²) >= 11 is 0. The molecule has 6 nitrogen and oxygen atoms in total. The topological polar surface area (TPSA) is 62.5 Å². The van der Waals surface area contributed by atoms with Crippen LogP contribution in [0.3, 0.4) is 0 Å². The van der Waals surface area contributed by atoms with Gasteiger partial charge in [0.1, 0.15) is 5.82 Å². The molecule has 1 aromatic heterocycles. The summed E-state index contributed by atoms with van der Waals surface area (Å²) in [5.41, 5.74) is 1.26. The number of piperazine rings is 1. The molecule has 0 aliphatic carbocycles. The van der Waals surface area contributed by atoms with Gasteiger partial charge < -0.3 is 4.90 Å². The van der Waals surface area contributed by atoms with Gasteiger partial charge >= 0.3 is 0 Å². The Morgan fingerprint density at radius 3 is 2.42 bits per heavy atom. The lowest BCUT2D eigenvalue weighted by Crippen LogP contribution is -2.46. The van der Waals surface area contributed by atoms with Gasteiger partial charge in [-0.05, 0) is 19.0 Å². The third kappa shape index (κ3) is 3.54. The van der Waals surface area contributed by atoms with Gasteiger partial charge in [0.25, 0.3) is 5.69 Å². The Morgan fingerprint density at radius 1 is 1.08 bits per heavy atom. The van der Waals surface area contributed by atoms with Crippen LogP contribution in [0.5, 0.6) is 0 Å². The molecule has 1 fully saturated rings. The number of pyridine rings is 1. The van der Waals surface area contributed by atoms with E-state index < -0.39 is 0 Å². The molecule has 24 heavy (non-hydrogen) atoms. The Bertz CT molecular complexity index is 697. The van der Waals surface area contributed by atoms with Gasteiger partial charge in [-0.3, -0.25) is 15.0 Å². The maximum Gasteiger partial charge on any atom is 0.295 e. The molecule has 1 aliphatic rings. The summed E-state index contributed by atoms with van der Waals surface area (Å²) in [5, 5.41) is 11.3. The first kappa shape index (κ1) is 16.4. The fourth-order valence-electron chi connectivity index (χ4n) is 3.09. The van der Waals surface area contributed by atoms with E-state index in [1.165, 1.54) is 0 Å². The smallest absolute Gasteiger partial charge is 0.295 e. The normalized spacial score (nSPS) is 15.5. The van der Waals surface area contributed by atoms with Crippen LogP contribution >= 0.6 is 0 Å². The van der Waals surface area contributed by atoms with Gasteiger partial charge in [0.2, 0.25) is 0 Å². The molecule has 1 saturated heterocycles. The number of hydrogen-bond donors (Lipinski definition) is 0. The predicted octanol–water partition coefficient (Wildman–Crippen LogP) is 3.19. The average Bonchev–Trinajstić information content (AvgIpc) is 2.63. The molecule has 0 N–H and O–H groups in total. The maximum absolute atomic E-state index is 11.3. The second-order valence-electron chi connectivity index (χ2n) is 5.99. The van der Waals surface area contributed by atoms with Crippen molar-refractivity contribution in [3.8, 4) is 11.3 Å². The zero-order valence-electron chi connectivity index (χ0n) is 13.9. The number of hydrogen-bond acceptors (Lipinski definition) is 5. The van der Waals surface area contributed by atoms with Crippen LogP contribution in [-0.2, 0) is 0 Å². The van der Waals surface area contributed by atoms with Crippen LogP contribution in [0.1, 0.15) is 13.3 Å². The molecule has 0 radical (unpaired) electrons. The molecule has 0 unspecified atom stereocenters. The van der Waals surface area contributed by atoms with Crippen LogP contribution in [-0.4, -0.2) is 47.5 Å². The summed E-state index contributed by atoms with van der Waals surface area (Å²) in [7, 11) is 0. The second-order valence-corrected chi connectivity index (χ2v) is 5.99. The molecular weight excluding hydrogens is 304 g/mol. The van der Waals surface area contributed by atoms with Crippen molar-refractivity contribution >= 4 is 11.5 Å². The Hall–Kier alpha value is -2.47. The summed E-state index contributed by atoms with van der Waals surface area (Å²) in [6, 6.07) is 12.7. The van der Waals surface area contributed by atoms with Crippen LogP contribution < -0.4 is 4.90 Å². The van der Waals surface area contributed by atoms with Crippen molar-refractivity contribution < 1.29 is 4.92 Å². The highest BCUT2D eigenvalue weighted by Crippen LogP contribution is 2.30. The fraction of sp³-hybridized carbons (Fsp3) is 0.389. The summed E-state index contributed by atoms with van der Waals surface area (Å²) in [6.07, 6.45) is 1.16. The van der Waals surface area contributed by atoms with Crippen LogP contribution in [0, 0.1) is 10.1 Å². The van der Waals surface area contributed by atoms with Gasteiger partial charge in [-0.25, -0.2) is 4.98 Å². The van der Waals surface area contributed by atoms with Gasteiger partial charge in [0, 0.05) is 37.8 Å². The highest BCUT2D eigenvalue weighted by Gasteiger charge is 2.22. The predicted molar refractivity (Wildman–Crippen MR) is 95.3 cm³/mol. The van der Waals surface area contributed by atoms with Gasteiger partial charge in [0.05, 0.1) is 4.92 Å². The second kappa shape index (κ2) is 7.40. The minimum atomic E-state index is -0.363. The molecule has 1 aromatic carbocycles. The van der Waals surface area contributed by atoms with Crippen molar-refractivity contribution in [1.82, 2.24) is 9.88 Å². The molecule has 3 rings (SSSR count). The van der Waals surface area contributed by atoms with Gasteiger partial charge in [-0.1, -0.05) is 37.3 Å². The monoisotopic (exact) mass is 326 g/mol. The number of benzene rings is 1. The van der Waals surface area contributed by atoms with Crippen LogP contribution in [0.2, 0.25) is 0 Å². The molecule has 1 aliphatic heterocycles. The number of rotatable bonds is 5. The Balaban J connectivity index is 1.87. The van der Waals surface area contributed by atoms with E-state index in [9.17, 15) is 10.1 Å². The molecule has 0 spiro atoms. The first-order valence-corrected chi connectivity index (χ1v) is 8.37. The van der Waals surface area contributed by atoms with E-state index in [1.807, 2.05) is 30.3 Å². The quantitative estimate of drug-likeness (QED) is 0.624. The number of anilines is 1. The summed E-state index contributed by atoms with van der Waals surface area (Å²) in [5.74, 6) is 0.815. The molecule has 0 saturated carbocycles. The largest absolute Gasteiger partial charge is 0.354 e. The van der Waals surface area contributed by atoms with E-state index in [-0.39, 0.29) is 10.6 Å². The number of nitrogens with zero attached hydrogens (tertiary/aromatic N) is 4. The molecule has 0 bridgehead atoms. The molecule has 2 heterocycles. The van der Waals surface area contributed by atoms with Crippen molar-refractivity contribution in [2.75, 3.05) is 37.6 Å². The van der Waals surface area contributed by atoms with E-state index in [4.69, 9.17) is 0 Å². The highest BCUT2D eigenvalue weighted by molar-refractivity contribution is 5.71. The Labute approximate surface area is 141 Å². The molecule has 2 aromatic rings. The van der Waals surface area contributed by atoms with Crippen LogP contribution in [0.4, 0.5) is 11.5 Å². The van der Waals surface area contributed by atoms with E-state index in [0.717, 1.165) is 50.5 Å². The lowest BCUT2D eigenvalue weighted by molar-refractivity contribution is -0.384. The minimum Gasteiger partial charge on any atom is -0.354 e. The van der Waals surface area contributed by atoms with Crippen LogP contribution in [0.15, 0.2) is 42.5 Å². The van der Waals surface area contributed by atoms with Crippen molar-refractivity contribution in [1.29, 1.82) is 0 Å². The summed E-state index contributed by atoms with van der Waals surface area (Å²) in [6.45, 7) is 7.13. The van der Waals surface area contributed by atoms with Gasteiger partial charge in [-0.15, -0.1) is 0 Å². The zero-order chi connectivity index (χ0) is 16.9. The fourth-order valence-corrected chi connectivity index (χ4v) is 3.09. The SMILES string of the molecule is CCCN1CCN(c2ccc([N+](=O)[O-])c(-c3ccccc3)n2)CC1. The first-order chi connectivity index (χ1) is 11.7. The molecule has 0 amide bonds. The lowest BCUT2D eigenvalue weighted by Gasteiger charge is -2.35. The van der Waals surface area contributed by atoms with Crippen molar-refractivity contribution in [2.24, 2.45) is 0 Å². The number of nitro groups is 1. The molecule has 0 atom stereocenters. The highest BCUT2D eigenvalue weighted by atomic mass is 16.6. The third-order valence-electron chi connectivity index (χ3n) is 4.34. The van der Waals surface area contributed by atoms with Crippen molar-refractivity contribution in [3.63, 3.8) is 0 Å². The Kier molecular flexibility index (Phi) is 5.05.